The Morgan fingerprint density at radius 1 is 0.852 bits per heavy atom. The van der Waals surface area contributed by atoms with Crippen LogP contribution in [0.3, 0.4) is 0 Å². The second kappa shape index (κ2) is 16.5. The Labute approximate surface area is 165 Å². The first-order chi connectivity index (χ1) is 13.2. The molecule has 5 heteroatoms. The summed E-state index contributed by atoms with van der Waals surface area (Å²) in [4.78, 5) is 0. The number of unbranched alkanes of at least 4 members (excludes halogenated alkanes) is 11. The molecule has 0 radical (unpaired) electrons. The zero-order chi connectivity index (χ0) is 19.7. The molecule has 5 nitrogen and oxygen atoms in total. The van der Waals surface area contributed by atoms with Gasteiger partial charge in [0.15, 0.2) is 0 Å². The molecule has 0 aromatic heterocycles. The minimum Gasteiger partial charge on any atom is -0.394 e. The van der Waals surface area contributed by atoms with Gasteiger partial charge in [-0.15, -0.1) is 0 Å². The van der Waals surface area contributed by atoms with Crippen LogP contribution in [0.1, 0.15) is 84.0 Å². The molecule has 27 heavy (non-hydrogen) atoms. The lowest BCUT2D eigenvalue weighted by atomic mass is 10.0. The first-order valence-electron chi connectivity index (χ1n) is 11.1. The van der Waals surface area contributed by atoms with Crippen LogP contribution in [0.15, 0.2) is 12.2 Å². The molecule has 0 aromatic rings. The van der Waals surface area contributed by atoms with Crippen molar-refractivity contribution in [2.45, 2.75) is 108 Å². The molecular weight excluding hydrogens is 344 g/mol. The van der Waals surface area contributed by atoms with Gasteiger partial charge in [0.1, 0.15) is 24.4 Å². The maximum atomic E-state index is 9.96. The van der Waals surface area contributed by atoms with Gasteiger partial charge < -0.3 is 24.8 Å². The summed E-state index contributed by atoms with van der Waals surface area (Å²) in [6, 6.07) is 0. The van der Waals surface area contributed by atoms with Crippen molar-refractivity contribution >= 4 is 0 Å². The number of hydrogen-bond acceptors (Lipinski definition) is 5. The molecule has 160 valence electrons. The van der Waals surface area contributed by atoms with Crippen LogP contribution < -0.4 is 0 Å². The number of rotatable bonds is 16. The van der Waals surface area contributed by atoms with Crippen LogP contribution in [0.4, 0.5) is 0 Å². The molecule has 0 unspecified atom stereocenters. The third-order valence-corrected chi connectivity index (χ3v) is 5.31. The van der Waals surface area contributed by atoms with Gasteiger partial charge in [-0.1, -0.05) is 83.3 Å². The lowest BCUT2D eigenvalue weighted by Gasteiger charge is -2.36. The zero-order valence-corrected chi connectivity index (χ0v) is 17.2. The number of allylic oxidation sites excluding steroid dienone is 1. The van der Waals surface area contributed by atoms with Gasteiger partial charge in [-0.25, -0.2) is 0 Å². The van der Waals surface area contributed by atoms with E-state index in [2.05, 4.69) is 13.0 Å². The lowest BCUT2D eigenvalue weighted by Crippen LogP contribution is -2.54. The SMILES string of the molecule is CCCCCCCCCCCCC/C=C/CO[C@@H]1CO[C@@H](CO)[C@H](O)[C@H]1O. The molecule has 0 aliphatic carbocycles. The molecule has 0 aromatic carbocycles. The Kier molecular flexibility index (Phi) is 15.0. The van der Waals surface area contributed by atoms with Crippen molar-refractivity contribution in [3.05, 3.63) is 12.2 Å². The minimum atomic E-state index is -1.10. The fourth-order valence-corrected chi connectivity index (χ4v) is 3.45. The van der Waals surface area contributed by atoms with Gasteiger partial charge in [0.2, 0.25) is 0 Å². The largest absolute Gasteiger partial charge is 0.394 e. The van der Waals surface area contributed by atoms with E-state index in [0.717, 1.165) is 6.42 Å². The average Bonchev–Trinajstić information content (AvgIpc) is 2.68. The Bertz CT molecular complexity index is 361. The highest BCUT2D eigenvalue weighted by Crippen LogP contribution is 2.18. The first kappa shape index (κ1) is 24.6. The fourth-order valence-electron chi connectivity index (χ4n) is 3.45. The molecule has 1 aliphatic heterocycles. The van der Waals surface area contributed by atoms with Crippen molar-refractivity contribution in [2.24, 2.45) is 0 Å². The molecule has 0 amide bonds. The van der Waals surface area contributed by atoms with E-state index in [4.69, 9.17) is 14.6 Å². The summed E-state index contributed by atoms with van der Waals surface area (Å²) in [6.45, 7) is 2.55. The molecule has 0 saturated carbocycles. The molecule has 0 bridgehead atoms. The van der Waals surface area contributed by atoms with Gasteiger partial charge in [0.05, 0.1) is 19.8 Å². The highest BCUT2D eigenvalue weighted by molar-refractivity contribution is 4.89. The van der Waals surface area contributed by atoms with Gasteiger partial charge in [0.25, 0.3) is 0 Å². The summed E-state index contributed by atoms with van der Waals surface area (Å²) in [7, 11) is 0. The van der Waals surface area contributed by atoms with Crippen LogP contribution in [0.25, 0.3) is 0 Å². The Balaban J connectivity index is 1.90. The molecule has 4 atom stereocenters. The molecule has 1 aliphatic rings. The maximum absolute atomic E-state index is 9.96. The zero-order valence-electron chi connectivity index (χ0n) is 17.2. The quantitative estimate of drug-likeness (QED) is 0.278. The molecule has 1 heterocycles. The van der Waals surface area contributed by atoms with E-state index in [1.165, 1.54) is 70.6 Å². The molecule has 3 N–H and O–H groups in total. The summed E-state index contributed by atoms with van der Waals surface area (Å²) < 4.78 is 10.9. The molecule has 0 spiro atoms. The van der Waals surface area contributed by atoms with Gasteiger partial charge in [-0.2, -0.15) is 0 Å². The van der Waals surface area contributed by atoms with Crippen molar-refractivity contribution in [3.63, 3.8) is 0 Å². The first-order valence-corrected chi connectivity index (χ1v) is 11.1. The van der Waals surface area contributed by atoms with Crippen molar-refractivity contribution in [1.29, 1.82) is 0 Å². The van der Waals surface area contributed by atoms with Crippen LogP contribution in [-0.4, -0.2) is 59.6 Å². The topological polar surface area (TPSA) is 79.2 Å². The van der Waals surface area contributed by atoms with Gasteiger partial charge >= 0.3 is 0 Å². The third kappa shape index (κ3) is 11.2. The van der Waals surface area contributed by atoms with Crippen LogP contribution in [0.5, 0.6) is 0 Å². The highest BCUT2D eigenvalue weighted by Gasteiger charge is 2.38. The smallest absolute Gasteiger partial charge is 0.111 e. The Morgan fingerprint density at radius 2 is 1.44 bits per heavy atom. The van der Waals surface area contributed by atoms with Crippen molar-refractivity contribution in [2.75, 3.05) is 19.8 Å². The van der Waals surface area contributed by atoms with Crippen LogP contribution in [-0.2, 0) is 9.47 Å². The van der Waals surface area contributed by atoms with Gasteiger partial charge in [-0.05, 0) is 12.8 Å². The van der Waals surface area contributed by atoms with Gasteiger partial charge in [-0.3, -0.25) is 0 Å². The Morgan fingerprint density at radius 3 is 2.04 bits per heavy atom. The van der Waals surface area contributed by atoms with E-state index in [0.29, 0.717) is 6.61 Å². The summed E-state index contributed by atoms with van der Waals surface area (Å²) in [5, 5.41) is 28.8. The molecular formula is C22H42O5. The summed E-state index contributed by atoms with van der Waals surface area (Å²) in [5.74, 6) is 0. The van der Waals surface area contributed by atoms with E-state index in [9.17, 15) is 10.2 Å². The van der Waals surface area contributed by atoms with Crippen molar-refractivity contribution in [1.82, 2.24) is 0 Å². The van der Waals surface area contributed by atoms with Crippen molar-refractivity contribution in [3.8, 4) is 0 Å². The summed E-state index contributed by atoms with van der Waals surface area (Å²) in [5.41, 5.74) is 0. The van der Waals surface area contributed by atoms with E-state index < -0.39 is 24.4 Å². The van der Waals surface area contributed by atoms with Crippen LogP contribution >= 0.6 is 0 Å². The number of hydrogen-bond donors (Lipinski definition) is 3. The van der Waals surface area contributed by atoms with E-state index in [1.807, 2.05) is 6.08 Å². The molecule has 1 fully saturated rings. The predicted octanol–water partition coefficient (Wildman–Crippen LogP) is 3.74. The van der Waals surface area contributed by atoms with Crippen molar-refractivity contribution < 1.29 is 24.8 Å². The van der Waals surface area contributed by atoms with E-state index >= 15 is 0 Å². The Hall–Kier alpha value is -0.460. The number of ether oxygens (including phenoxy) is 2. The predicted molar refractivity (Wildman–Crippen MR) is 109 cm³/mol. The number of aliphatic hydroxyl groups is 3. The summed E-state index contributed by atoms with van der Waals surface area (Å²) >= 11 is 0. The normalized spacial score (nSPS) is 26.1. The second-order valence-corrected chi connectivity index (χ2v) is 7.70. The second-order valence-electron chi connectivity index (χ2n) is 7.70. The highest BCUT2D eigenvalue weighted by atomic mass is 16.6. The molecule has 1 saturated heterocycles. The standard InChI is InChI=1S/C22H42O5/c1-2-3-4-5-6-7-8-9-10-11-12-13-14-15-16-26-20-18-27-19(17-23)21(24)22(20)25/h14-15,19-25H,2-13,16-18H2,1H3/b15-14+/t19-,20+,21-,22-/m0/s1. The van der Waals surface area contributed by atoms with Gasteiger partial charge in [0, 0.05) is 0 Å². The number of aliphatic hydroxyl groups excluding tert-OH is 3. The van der Waals surface area contributed by atoms with Crippen LogP contribution in [0, 0.1) is 0 Å². The van der Waals surface area contributed by atoms with E-state index in [-0.39, 0.29) is 13.2 Å². The monoisotopic (exact) mass is 386 g/mol. The molecule has 1 rings (SSSR count). The minimum absolute atomic E-state index is 0.190. The van der Waals surface area contributed by atoms with Crippen LogP contribution in [0.2, 0.25) is 0 Å². The lowest BCUT2D eigenvalue weighted by molar-refractivity contribution is -0.205. The maximum Gasteiger partial charge on any atom is 0.111 e. The average molecular weight is 387 g/mol. The van der Waals surface area contributed by atoms with E-state index in [1.54, 1.807) is 0 Å². The third-order valence-electron chi connectivity index (χ3n) is 5.31. The summed E-state index contributed by atoms with van der Waals surface area (Å²) in [6.07, 6.45) is 16.6. The fraction of sp³-hybridized carbons (Fsp3) is 0.909.